The van der Waals surface area contributed by atoms with Crippen molar-refractivity contribution < 1.29 is 9.47 Å². The van der Waals surface area contributed by atoms with Gasteiger partial charge >= 0.3 is 0 Å². The van der Waals surface area contributed by atoms with E-state index in [1.54, 1.807) is 0 Å². The van der Waals surface area contributed by atoms with E-state index in [1.807, 2.05) is 62.6 Å². The molecule has 0 aliphatic heterocycles. The summed E-state index contributed by atoms with van der Waals surface area (Å²) < 4.78 is 11.2. The van der Waals surface area contributed by atoms with E-state index in [-0.39, 0.29) is 0 Å². The molecule has 0 aliphatic rings. The highest BCUT2D eigenvalue weighted by atomic mass is 16.5. The topological polar surface area (TPSA) is 60.0 Å². The molecule has 2 aromatic heterocycles. The standard InChI is InChI=1S/C22H21N3O2/c1-3-26-16-7-5-6-15(12-16)22-20(14-24-25-22)18-10-11-23-21-13-17(27-4-2)8-9-19(18)21/h5-14H,3-4H2,1-2H3,(H,24,25). The van der Waals surface area contributed by atoms with Gasteiger partial charge in [-0.05, 0) is 49.7 Å². The molecule has 0 saturated heterocycles. The van der Waals surface area contributed by atoms with Crippen LogP contribution in [0.2, 0.25) is 0 Å². The fourth-order valence-electron chi connectivity index (χ4n) is 3.24. The molecule has 2 heterocycles. The van der Waals surface area contributed by atoms with Crippen LogP contribution in [0.25, 0.3) is 33.3 Å². The van der Waals surface area contributed by atoms with Crippen LogP contribution in [0, 0.1) is 0 Å². The van der Waals surface area contributed by atoms with Crippen molar-refractivity contribution in [3.05, 3.63) is 60.9 Å². The minimum atomic E-state index is 0.632. The molecule has 27 heavy (non-hydrogen) atoms. The second-order valence-corrected chi connectivity index (χ2v) is 6.09. The smallest absolute Gasteiger partial charge is 0.121 e. The molecule has 0 fully saturated rings. The van der Waals surface area contributed by atoms with E-state index < -0.39 is 0 Å². The lowest BCUT2D eigenvalue weighted by atomic mass is 9.98. The third-order valence-corrected chi connectivity index (χ3v) is 4.39. The summed E-state index contributed by atoms with van der Waals surface area (Å²) in [4.78, 5) is 4.50. The molecular weight excluding hydrogens is 338 g/mol. The molecular formula is C22H21N3O2. The minimum Gasteiger partial charge on any atom is -0.494 e. The summed E-state index contributed by atoms with van der Waals surface area (Å²) in [5.74, 6) is 1.67. The number of nitrogens with zero attached hydrogens (tertiary/aromatic N) is 2. The summed E-state index contributed by atoms with van der Waals surface area (Å²) in [5.41, 5.74) is 4.99. The van der Waals surface area contributed by atoms with Gasteiger partial charge in [-0.25, -0.2) is 0 Å². The second kappa shape index (κ2) is 7.50. The largest absolute Gasteiger partial charge is 0.494 e. The van der Waals surface area contributed by atoms with Crippen molar-refractivity contribution in [3.63, 3.8) is 0 Å². The Bertz CT molecular complexity index is 1070. The number of rotatable bonds is 6. The number of aromatic amines is 1. The number of fused-ring (bicyclic) bond motifs is 1. The highest BCUT2D eigenvalue weighted by Gasteiger charge is 2.14. The molecule has 4 rings (SSSR count). The third kappa shape index (κ3) is 3.36. The van der Waals surface area contributed by atoms with E-state index in [0.29, 0.717) is 13.2 Å². The summed E-state index contributed by atoms with van der Waals surface area (Å²) in [7, 11) is 0. The molecule has 136 valence electrons. The number of hydrogen-bond acceptors (Lipinski definition) is 4. The SMILES string of the molecule is CCOc1cccc(-c2[nH]ncc2-c2ccnc3cc(OCC)ccc23)c1. The first-order valence-corrected chi connectivity index (χ1v) is 9.08. The number of H-pyrrole nitrogens is 1. The highest BCUT2D eigenvalue weighted by Crippen LogP contribution is 2.36. The van der Waals surface area contributed by atoms with Crippen molar-refractivity contribution >= 4 is 10.9 Å². The number of ether oxygens (including phenoxy) is 2. The van der Waals surface area contributed by atoms with E-state index in [4.69, 9.17) is 9.47 Å². The predicted octanol–water partition coefficient (Wildman–Crippen LogP) is 5.09. The highest BCUT2D eigenvalue weighted by molar-refractivity contribution is 5.98. The molecule has 2 aromatic carbocycles. The summed E-state index contributed by atoms with van der Waals surface area (Å²) in [6.07, 6.45) is 3.68. The van der Waals surface area contributed by atoms with Crippen molar-refractivity contribution in [2.75, 3.05) is 13.2 Å². The van der Waals surface area contributed by atoms with Crippen LogP contribution in [0.3, 0.4) is 0 Å². The normalized spacial score (nSPS) is 10.9. The maximum absolute atomic E-state index is 5.64. The lowest BCUT2D eigenvalue weighted by molar-refractivity contribution is 0.340. The number of pyridine rings is 1. The maximum Gasteiger partial charge on any atom is 0.121 e. The Hall–Kier alpha value is -3.34. The van der Waals surface area contributed by atoms with Gasteiger partial charge in [-0.2, -0.15) is 5.10 Å². The zero-order valence-corrected chi connectivity index (χ0v) is 15.4. The van der Waals surface area contributed by atoms with E-state index in [2.05, 4.69) is 27.3 Å². The lowest BCUT2D eigenvalue weighted by Gasteiger charge is -2.10. The molecule has 0 saturated carbocycles. The van der Waals surface area contributed by atoms with Crippen molar-refractivity contribution in [1.82, 2.24) is 15.2 Å². The van der Waals surface area contributed by atoms with Crippen LogP contribution in [-0.2, 0) is 0 Å². The van der Waals surface area contributed by atoms with Gasteiger partial charge in [0.15, 0.2) is 0 Å². The maximum atomic E-state index is 5.64. The van der Waals surface area contributed by atoms with Crippen LogP contribution in [0.15, 0.2) is 60.9 Å². The van der Waals surface area contributed by atoms with Crippen LogP contribution in [0.5, 0.6) is 11.5 Å². The van der Waals surface area contributed by atoms with E-state index >= 15 is 0 Å². The fraction of sp³-hybridized carbons (Fsp3) is 0.182. The molecule has 4 aromatic rings. The summed E-state index contributed by atoms with van der Waals surface area (Å²) in [6.45, 7) is 5.22. The van der Waals surface area contributed by atoms with Gasteiger partial charge in [-0.3, -0.25) is 10.1 Å². The summed E-state index contributed by atoms with van der Waals surface area (Å²) in [5, 5.41) is 8.49. The molecule has 0 radical (unpaired) electrons. The van der Waals surface area contributed by atoms with Crippen molar-refractivity contribution in [2.24, 2.45) is 0 Å². The Morgan fingerprint density at radius 1 is 0.889 bits per heavy atom. The first kappa shape index (κ1) is 17.1. The molecule has 5 nitrogen and oxygen atoms in total. The van der Waals surface area contributed by atoms with Crippen LogP contribution in [0.1, 0.15) is 13.8 Å². The second-order valence-electron chi connectivity index (χ2n) is 6.09. The average Bonchev–Trinajstić information content (AvgIpc) is 3.18. The van der Waals surface area contributed by atoms with Gasteiger partial charge in [-0.15, -0.1) is 0 Å². The first-order chi connectivity index (χ1) is 13.3. The quantitative estimate of drug-likeness (QED) is 0.521. The summed E-state index contributed by atoms with van der Waals surface area (Å²) >= 11 is 0. The van der Waals surface area contributed by atoms with Crippen LogP contribution < -0.4 is 9.47 Å². The number of benzene rings is 2. The molecule has 0 spiro atoms. The van der Waals surface area contributed by atoms with Crippen LogP contribution >= 0.6 is 0 Å². The molecule has 0 unspecified atom stereocenters. The number of nitrogens with one attached hydrogen (secondary N) is 1. The van der Waals surface area contributed by atoms with Crippen molar-refractivity contribution in [1.29, 1.82) is 0 Å². The Morgan fingerprint density at radius 2 is 1.70 bits per heavy atom. The monoisotopic (exact) mass is 359 g/mol. The zero-order valence-electron chi connectivity index (χ0n) is 15.4. The van der Waals surface area contributed by atoms with Gasteiger partial charge in [0.2, 0.25) is 0 Å². The Kier molecular flexibility index (Phi) is 4.75. The predicted molar refractivity (Wildman–Crippen MR) is 107 cm³/mol. The van der Waals surface area contributed by atoms with E-state index in [1.165, 1.54) is 0 Å². The molecule has 0 atom stereocenters. The Balaban J connectivity index is 1.82. The van der Waals surface area contributed by atoms with Gasteiger partial charge in [0.05, 0.1) is 30.6 Å². The van der Waals surface area contributed by atoms with Gasteiger partial charge in [0, 0.05) is 28.8 Å². The summed E-state index contributed by atoms with van der Waals surface area (Å²) in [6, 6.07) is 16.0. The number of aromatic nitrogens is 3. The molecule has 1 N–H and O–H groups in total. The Morgan fingerprint density at radius 3 is 2.52 bits per heavy atom. The Labute approximate surface area is 158 Å². The molecule has 0 bridgehead atoms. The van der Waals surface area contributed by atoms with Crippen molar-refractivity contribution in [3.8, 4) is 33.9 Å². The fourth-order valence-corrected chi connectivity index (χ4v) is 3.24. The van der Waals surface area contributed by atoms with Crippen LogP contribution in [0.4, 0.5) is 0 Å². The molecule has 0 amide bonds. The third-order valence-electron chi connectivity index (χ3n) is 4.39. The zero-order chi connectivity index (χ0) is 18.6. The average molecular weight is 359 g/mol. The van der Waals surface area contributed by atoms with Crippen LogP contribution in [-0.4, -0.2) is 28.4 Å². The van der Waals surface area contributed by atoms with Gasteiger partial charge in [-0.1, -0.05) is 12.1 Å². The number of hydrogen-bond donors (Lipinski definition) is 1. The van der Waals surface area contributed by atoms with E-state index in [9.17, 15) is 0 Å². The molecule has 0 aliphatic carbocycles. The lowest BCUT2D eigenvalue weighted by Crippen LogP contribution is -1.93. The first-order valence-electron chi connectivity index (χ1n) is 9.08. The van der Waals surface area contributed by atoms with Gasteiger partial charge in [0.1, 0.15) is 11.5 Å². The molecule has 5 heteroatoms. The minimum absolute atomic E-state index is 0.632. The van der Waals surface area contributed by atoms with Gasteiger partial charge in [0.25, 0.3) is 0 Å². The van der Waals surface area contributed by atoms with Crippen molar-refractivity contribution in [2.45, 2.75) is 13.8 Å². The van der Waals surface area contributed by atoms with E-state index in [0.717, 1.165) is 44.8 Å². The van der Waals surface area contributed by atoms with Gasteiger partial charge < -0.3 is 9.47 Å².